The standard InChI is InChI=1S/C57H37N3O/c1-3-14-41(15-4-1)57-58-55-49(22-12-24-54(55)61-57)44-17-11-20-47(36-44)59(46-31-27-39(28-32-46)43-26-25-38-13-7-8-16-42(38)35-43)48-33-29-40-30-34-51-50-21-9-10-23-53(50)60(56(51)52(40)37-48)45-18-5-2-6-19-45/h1-37H. The maximum Gasteiger partial charge on any atom is 0.227 e. The van der Waals surface area contributed by atoms with Crippen LogP contribution >= 0.6 is 0 Å². The third-order valence-corrected chi connectivity index (χ3v) is 12.0. The molecule has 2 heterocycles. The summed E-state index contributed by atoms with van der Waals surface area (Å²) >= 11 is 0. The lowest BCUT2D eigenvalue weighted by molar-refractivity contribution is 0.620. The van der Waals surface area contributed by atoms with Gasteiger partial charge in [0.05, 0.1) is 11.0 Å². The van der Waals surface area contributed by atoms with Gasteiger partial charge in [-0.3, -0.25) is 0 Å². The van der Waals surface area contributed by atoms with Gasteiger partial charge in [-0.05, 0) is 112 Å². The van der Waals surface area contributed by atoms with Gasteiger partial charge in [0.2, 0.25) is 5.89 Å². The third-order valence-electron chi connectivity index (χ3n) is 12.0. The molecular formula is C57H37N3O. The summed E-state index contributed by atoms with van der Waals surface area (Å²) in [7, 11) is 0. The zero-order valence-corrected chi connectivity index (χ0v) is 33.1. The van der Waals surface area contributed by atoms with E-state index in [0.29, 0.717) is 5.89 Å². The van der Waals surface area contributed by atoms with E-state index in [9.17, 15) is 0 Å². The number of para-hydroxylation sites is 3. The summed E-state index contributed by atoms with van der Waals surface area (Å²) < 4.78 is 8.74. The molecule has 0 N–H and O–H groups in total. The second-order valence-electron chi connectivity index (χ2n) is 15.6. The van der Waals surface area contributed by atoms with E-state index in [2.05, 4.69) is 191 Å². The van der Waals surface area contributed by atoms with Crippen molar-refractivity contribution in [3.8, 4) is 39.4 Å². The van der Waals surface area contributed by atoms with Crippen LogP contribution in [0.25, 0.3) is 93.8 Å². The van der Waals surface area contributed by atoms with Crippen LogP contribution in [0.4, 0.5) is 17.1 Å². The Kier molecular flexibility index (Phi) is 8.13. The van der Waals surface area contributed by atoms with E-state index in [0.717, 1.165) is 50.5 Å². The number of fused-ring (bicyclic) bond motifs is 7. The van der Waals surface area contributed by atoms with E-state index in [-0.39, 0.29) is 0 Å². The molecule has 0 saturated carbocycles. The summed E-state index contributed by atoms with van der Waals surface area (Å²) in [6.07, 6.45) is 0. The molecule has 12 rings (SSSR count). The van der Waals surface area contributed by atoms with Crippen molar-refractivity contribution in [3.05, 3.63) is 224 Å². The smallest absolute Gasteiger partial charge is 0.227 e. The van der Waals surface area contributed by atoms with E-state index in [1.807, 2.05) is 42.5 Å². The highest BCUT2D eigenvalue weighted by molar-refractivity contribution is 6.19. The van der Waals surface area contributed by atoms with Crippen molar-refractivity contribution in [2.24, 2.45) is 0 Å². The molecule has 0 radical (unpaired) electrons. The highest BCUT2D eigenvalue weighted by Gasteiger charge is 2.20. The van der Waals surface area contributed by atoms with Crippen LogP contribution in [-0.2, 0) is 0 Å². The Balaban J connectivity index is 1.05. The molecule has 10 aromatic carbocycles. The van der Waals surface area contributed by atoms with Crippen LogP contribution in [0.1, 0.15) is 0 Å². The first-order valence-corrected chi connectivity index (χ1v) is 20.7. The van der Waals surface area contributed by atoms with Gasteiger partial charge in [-0.2, -0.15) is 0 Å². The van der Waals surface area contributed by atoms with Gasteiger partial charge in [0.1, 0.15) is 5.52 Å². The van der Waals surface area contributed by atoms with Crippen molar-refractivity contribution in [1.29, 1.82) is 0 Å². The predicted molar refractivity (Wildman–Crippen MR) is 254 cm³/mol. The maximum absolute atomic E-state index is 6.32. The van der Waals surface area contributed by atoms with Crippen LogP contribution < -0.4 is 4.90 Å². The fourth-order valence-electron chi connectivity index (χ4n) is 9.07. The third kappa shape index (κ3) is 5.96. The van der Waals surface area contributed by atoms with Gasteiger partial charge in [-0.1, -0.05) is 146 Å². The molecule has 0 atom stereocenters. The zero-order chi connectivity index (χ0) is 40.3. The average Bonchev–Trinajstić information content (AvgIpc) is 3.93. The van der Waals surface area contributed by atoms with E-state index < -0.39 is 0 Å². The molecule has 0 spiro atoms. The van der Waals surface area contributed by atoms with Gasteiger partial charge in [-0.15, -0.1) is 0 Å². The van der Waals surface area contributed by atoms with Gasteiger partial charge in [-0.25, -0.2) is 4.98 Å². The lowest BCUT2D eigenvalue weighted by atomic mass is 10.00. The highest BCUT2D eigenvalue weighted by atomic mass is 16.3. The molecule has 286 valence electrons. The first-order valence-electron chi connectivity index (χ1n) is 20.7. The number of oxazole rings is 1. The second-order valence-corrected chi connectivity index (χ2v) is 15.6. The SMILES string of the molecule is c1ccc(-c2nc3c(-c4cccc(N(c5ccc(-c6ccc7ccccc7c6)cc5)c5ccc6ccc7c8ccccc8n(-c8ccccc8)c7c6c5)c4)cccc3o2)cc1. The Morgan fingerprint density at radius 3 is 1.93 bits per heavy atom. The van der Waals surface area contributed by atoms with Crippen LogP contribution in [0.5, 0.6) is 0 Å². The molecule has 0 aliphatic rings. The van der Waals surface area contributed by atoms with Crippen molar-refractivity contribution in [2.75, 3.05) is 4.90 Å². The summed E-state index contributed by atoms with van der Waals surface area (Å²) in [4.78, 5) is 7.41. The molecule has 0 saturated heterocycles. The minimum atomic E-state index is 0.614. The molecule has 0 bridgehead atoms. The summed E-state index contributed by atoms with van der Waals surface area (Å²) in [5, 5.41) is 7.31. The molecule has 12 aromatic rings. The predicted octanol–water partition coefficient (Wildman–Crippen LogP) is 15.7. The Morgan fingerprint density at radius 1 is 0.393 bits per heavy atom. The number of nitrogens with zero attached hydrogens (tertiary/aromatic N) is 3. The Bertz CT molecular complexity index is 3590. The molecule has 0 fully saturated rings. The van der Waals surface area contributed by atoms with E-state index in [4.69, 9.17) is 9.40 Å². The van der Waals surface area contributed by atoms with Crippen LogP contribution in [0.2, 0.25) is 0 Å². The summed E-state index contributed by atoms with van der Waals surface area (Å²) in [6.45, 7) is 0. The van der Waals surface area contributed by atoms with Crippen LogP contribution in [0.15, 0.2) is 229 Å². The molecular weight excluding hydrogens is 743 g/mol. The average molecular weight is 780 g/mol. The monoisotopic (exact) mass is 779 g/mol. The lowest BCUT2D eigenvalue weighted by Gasteiger charge is -2.27. The number of hydrogen-bond donors (Lipinski definition) is 0. The molecule has 0 aliphatic carbocycles. The summed E-state index contributed by atoms with van der Waals surface area (Å²) in [6, 6.07) is 80.1. The number of benzene rings is 10. The van der Waals surface area contributed by atoms with Gasteiger partial charge in [0, 0.05) is 50.0 Å². The largest absolute Gasteiger partial charge is 0.436 e. The fraction of sp³-hybridized carbons (Fsp3) is 0. The number of aromatic nitrogens is 2. The number of rotatable bonds is 7. The number of anilines is 3. The van der Waals surface area contributed by atoms with Gasteiger partial charge >= 0.3 is 0 Å². The number of hydrogen-bond acceptors (Lipinski definition) is 3. The molecule has 0 amide bonds. The van der Waals surface area contributed by atoms with Crippen LogP contribution in [-0.4, -0.2) is 9.55 Å². The molecule has 0 aliphatic heterocycles. The minimum Gasteiger partial charge on any atom is -0.436 e. The van der Waals surface area contributed by atoms with Crippen molar-refractivity contribution in [1.82, 2.24) is 9.55 Å². The minimum absolute atomic E-state index is 0.614. The van der Waals surface area contributed by atoms with Crippen molar-refractivity contribution < 1.29 is 4.42 Å². The fourth-order valence-corrected chi connectivity index (χ4v) is 9.07. The second kappa shape index (κ2) is 14.3. The topological polar surface area (TPSA) is 34.2 Å². The van der Waals surface area contributed by atoms with E-state index >= 15 is 0 Å². The van der Waals surface area contributed by atoms with Gasteiger partial charge in [0.25, 0.3) is 0 Å². The van der Waals surface area contributed by atoms with Gasteiger partial charge < -0.3 is 13.9 Å². The maximum atomic E-state index is 6.32. The molecule has 2 aromatic heterocycles. The Labute approximate surface area is 352 Å². The van der Waals surface area contributed by atoms with E-state index in [1.54, 1.807) is 0 Å². The Morgan fingerprint density at radius 2 is 1.07 bits per heavy atom. The summed E-state index contributed by atoms with van der Waals surface area (Å²) in [5.41, 5.74) is 13.7. The van der Waals surface area contributed by atoms with E-state index in [1.165, 1.54) is 54.5 Å². The van der Waals surface area contributed by atoms with Crippen molar-refractivity contribution in [3.63, 3.8) is 0 Å². The highest BCUT2D eigenvalue weighted by Crippen LogP contribution is 2.43. The molecule has 0 unspecified atom stereocenters. The summed E-state index contributed by atoms with van der Waals surface area (Å²) in [5.74, 6) is 0.614. The molecule has 4 heteroatoms. The van der Waals surface area contributed by atoms with Crippen LogP contribution in [0, 0.1) is 0 Å². The van der Waals surface area contributed by atoms with Crippen LogP contribution in [0.3, 0.4) is 0 Å². The lowest BCUT2D eigenvalue weighted by Crippen LogP contribution is -2.10. The quantitative estimate of drug-likeness (QED) is 0.162. The van der Waals surface area contributed by atoms with Crippen molar-refractivity contribution in [2.45, 2.75) is 0 Å². The first-order chi connectivity index (χ1) is 30.2. The molecule has 61 heavy (non-hydrogen) atoms. The zero-order valence-electron chi connectivity index (χ0n) is 33.1. The van der Waals surface area contributed by atoms with Gasteiger partial charge in [0.15, 0.2) is 5.58 Å². The molecule has 4 nitrogen and oxygen atoms in total. The Hall–Kier alpha value is -8.21. The first kappa shape index (κ1) is 34.8. The normalized spacial score (nSPS) is 11.6. The van der Waals surface area contributed by atoms with Crippen molar-refractivity contribution >= 4 is 71.5 Å².